The number of rotatable bonds is 14. The number of aliphatic hydroxyl groups excluding tert-OH is 1. The second-order valence-corrected chi connectivity index (χ2v) is 11.9. The predicted molar refractivity (Wildman–Crippen MR) is 165 cm³/mol. The van der Waals surface area contributed by atoms with Crippen molar-refractivity contribution >= 4 is 21.7 Å². The second kappa shape index (κ2) is 14.8. The van der Waals surface area contributed by atoms with Gasteiger partial charge in [0.1, 0.15) is 23.7 Å². The van der Waals surface area contributed by atoms with E-state index in [9.17, 15) is 28.0 Å². The molecule has 0 radical (unpaired) electrons. The molecular weight excluding hydrogens is 583 g/mol. The highest BCUT2D eigenvalue weighted by Gasteiger charge is 2.31. The summed E-state index contributed by atoms with van der Waals surface area (Å²) in [6.07, 6.45) is 4.38. The lowest BCUT2D eigenvalue weighted by molar-refractivity contribution is 0.0740. The van der Waals surface area contributed by atoms with Gasteiger partial charge in [0.2, 0.25) is 0 Å². The molecule has 8 nitrogen and oxygen atoms in total. The number of sulfone groups is 1. The van der Waals surface area contributed by atoms with Crippen LogP contribution in [0.2, 0.25) is 0 Å². The van der Waals surface area contributed by atoms with Gasteiger partial charge in [-0.15, -0.1) is 0 Å². The zero-order valence-electron chi connectivity index (χ0n) is 24.4. The Morgan fingerprint density at radius 3 is 2.52 bits per heavy atom. The molecular formula is C34H33FN2O6S. The Bertz CT molecular complexity index is 1760. The van der Waals surface area contributed by atoms with E-state index in [4.69, 9.17) is 9.15 Å². The van der Waals surface area contributed by atoms with Crippen LogP contribution >= 0.6 is 0 Å². The fraction of sp³-hybridized carbons (Fsp3) is 0.235. The first-order chi connectivity index (χ1) is 21.2. The van der Waals surface area contributed by atoms with E-state index in [1.54, 1.807) is 42.5 Å². The summed E-state index contributed by atoms with van der Waals surface area (Å²) in [5, 5.41) is 20.8. The number of ketones is 1. The molecule has 44 heavy (non-hydrogen) atoms. The number of Topliss-reactive ketones (excluding diaryl/α,β-unsaturated/α-hetero) is 1. The Morgan fingerprint density at radius 2 is 1.86 bits per heavy atom. The summed E-state index contributed by atoms with van der Waals surface area (Å²) in [7, 11) is -4.17. The minimum atomic E-state index is -4.17. The van der Waals surface area contributed by atoms with E-state index in [1.807, 2.05) is 19.9 Å². The van der Waals surface area contributed by atoms with Gasteiger partial charge in [0.05, 0.1) is 23.2 Å². The van der Waals surface area contributed by atoms with Crippen molar-refractivity contribution in [3.8, 4) is 22.9 Å². The van der Waals surface area contributed by atoms with Crippen LogP contribution in [0.1, 0.15) is 47.0 Å². The molecule has 0 saturated heterocycles. The molecule has 0 aliphatic heterocycles. The maximum Gasteiger partial charge on any atom is 0.195 e. The second-order valence-electron chi connectivity index (χ2n) is 9.94. The third-order valence-electron chi connectivity index (χ3n) is 7.19. The molecule has 0 aliphatic rings. The molecule has 0 spiro atoms. The summed E-state index contributed by atoms with van der Waals surface area (Å²) in [6.45, 7) is 5.74. The lowest BCUT2D eigenvalue weighted by Crippen LogP contribution is -2.22. The molecule has 3 aromatic carbocycles. The zero-order chi connectivity index (χ0) is 31.7. The molecule has 0 amide bonds. The average molecular weight is 617 g/mol. The molecule has 1 atom stereocenters. The average Bonchev–Trinajstić information content (AvgIpc) is 3.56. The lowest BCUT2D eigenvalue weighted by Gasteiger charge is -2.22. The van der Waals surface area contributed by atoms with E-state index in [0.29, 0.717) is 17.7 Å². The number of aliphatic hydroxyl groups is 1. The zero-order valence-corrected chi connectivity index (χ0v) is 25.3. The third-order valence-corrected chi connectivity index (χ3v) is 8.92. The summed E-state index contributed by atoms with van der Waals surface area (Å²) >= 11 is 0. The number of ether oxygens (including phenoxy) is 1. The summed E-state index contributed by atoms with van der Waals surface area (Å²) in [5.41, 5.74) is 1.31. The first-order valence-corrected chi connectivity index (χ1v) is 15.7. The van der Waals surface area contributed by atoms with Crippen LogP contribution in [0.3, 0.4) is 0 Å². The number of likely N-dealkylation sites (N-methyl/N-ethyl adjacent to an activating group) is 1. The number of hydrogen-bond acceptors (Lipinski definition) is 8. The minimum absolute atomic E-state index is 0.0177. The number of furan rings is 1. The maximum atomic E-state index is 14.3. The molecule has 10 heteroatoms. The Morgan fingerprint density at radius 1 is 1.11 bits per heavy atom. The standard InChI is InChI=1S/C34H33FN2O6S/c1-3-37(4-2)18-8-11-25-21-28(35)13-15-30(25)44(40,41)23-27-12-14-29(26-16-19-42-22-26)34(43-20-17-36)31(27)33(39)32(38)24-9-6-5-7-10-24/h5-16,19,21-22,33,39H,3-4,18,20,23H2,1-2H3/b11-8-. The minimum Gasteiger partial charge on any atom is -0.478 e. The predicted octanol–water partition coefficient (Wildman–Crippen LogP) is 6.23. The van der Waals surface area contributed by atoms with Crippen LogP contribution < -0.4 is 4.74 Å². The van der Waals surface area contributed by atoms with Gasteiger partial charge in [-0.05, 0) is 48.5 Å². The molecule has 228 valence electrons. The number of nitrogens with zero attached hydrogens (tertiary/aromatic N) is 2. The summed E-state index contributed by atoms with van der Waals surface area (Å²) in [5.74, 6) is -1.93. The quantitative estimate of drug-likeness (QED) is 0.131. The summed E-state index contributed by atoms with van der Waals surface area (Å²) in [6, 6.07) is 18.1. The summed E-state index contributed by atoms with van der Waals surface area (Å²) in [4.78, 5) is 15.5. The van der Waals surface area contributed by atoms with Crippen molar-refractivity contribution in [3.05, 3.63) is 113 Å². The molecule has 1 aromatic heterocycles. The van der Waals surface area contributed by atoms with E-state index >= 15 is 0 Å². The van der Waals surface area contributed by atoms with Crippen molar-refractivity contribution in [3.63, 3.8) is 0 Å². The topological polar surface area (TPSA) is 121 Å². The van der Waals surface area contributed by atoms with Crippen molar-refractivity contribution in [2.24, 2.45) is 0 Å². The van der Waals surface area contributed by atoms with Crippen LogP contribution in [0.5, 0.6) is 5.75 Å². The fourth-order valence-electron chi connectivity index (χ4n) is 4.89. The highest BCUT2D eigenvalue weighted by Crippen LogP contribution is 2.41. The van der Waals surface area contributed by atoms with Gasteiger partial charge < -0.3 is 19.2 Å². The molecule has 4 aromatic rings. The van der Waals surface area contributed by atoms with Crippen LogP contribution in [-0.2, 0) is 15.6 Å². The van der Waals surface area contributed by atoms with Gasteiger partial charge in [-0.2, -0.15) is 5.26 Å². The molecule has 1 heterocycles. The Kier molecular flexibility index (Phi) is 10.8. The fourth-order valence-corrected chi connectivity index (χ4v) is 6.47. The highest BCUT2D eigenvalue weighted by molar-refractivity contribution is 7.90. The lowest BCUT2D eigenvalue weighted by atomic mass is 9.92. The maximum absolute atomic E-state index is 14.3. The van der Waals surface area contributed by atoms with Gasteiger partial charge in [-0.1, -0.05) is 68.5 Å². The first-order valence-electron chi connectivity index (χ1n) is 14.1. The molecule has 0 aliphatic carbocycles. The van der Waals surface area contributed by atoms with Crippen molar-refractivity contribution < 1.29 is 31.9 Å². The van der Waals surface area contributed by atoms with Crippen molar-refractivity contribution in [2.45, 2.75) is 30.6 Å². The number of halogens is 1. The van der Waals surface area contributed by atoms with Crippen LogP contribution in [0.15, 0.2) is 94.6 Å². The number of hydrogen-bond donors (Lipinski definition) is 1. The monoisotopic (exact) mass is 616 g/mol. The molecule has 1 unspecified atom stereocenters. The third kappa shape index (κ3) is 7.50. The molecule has 1 N–H and O–H groups in total. The molecule has 4 rings (SSSR count). The van der Waals surface area contributed by atoms with Gasteiger partial charge in [-0.25, -0.2) is 12.8 Å². The van der Waals surface area contributed by atoms with E-state index in [2.05, 4.69) is 4.90 Å². The van der Waals surface area contributed by atoms with E-state index < -0.39 is 39.9 Å². The highest BCUT2D eigenvalue weighted by atomic mass is 32.2. The molecule has 0 fully saturated rings. The Hall–Kier alpha value is -4.56. The summed E-state index contributed by atoms with van der Waals surface area (Å²) < 4.78 is 53.2. The van der Waals surface area contributed by atoms with E-state index in [-0.39, 0.29) is 32.9 Å². The van der Waals surface area contributed by atoms with Crippen molar-refractivity contribution in [1.82, 2.24) is 4.90 Å². The van der Waals surface area contributed by atoms with Gasteiger partial charge in [0, 0.05) is 28.8 Å². The van der Waals surface area contributed by atoms with Gasteiger partial charge >= 0.3 is 0 Å². The normalized spacial score (nSPS) is 12.4. The van der Waals surface area contributed by atoms with Crippen LogP contribution in [0.25, 0.3) is 17.2 Å². The van der Waals surface area contributed by atoms with Crippen LogP contribution in [0, 0.1) is 17.1 Å². The number of carbonyl (C=O) groups is 1. The largest absolute Gasteiger partial charge is 0.478 e. The number of carbonyl (C=O) groups excluding carboxylic acids is 1. The number of benzene rings is 3. The van der Waals surface area contributed by atoms with Crippen LogP contribution in [0.4, 0.5) is 4.39 Å². The van der Waals surface area contributed by atoms with E-state index in [1.165, 1.54) is 36.8 Å². The van der Waals surface area contributed by atoms with Gasteiger partial charge in [0.15, 0.2) is 22.2 Å². The molecule has 0 bridgehead atoms. The SMILES string of the molecule is CCN(CC)C/C=C\c1cc(F)ccc1S(=O)(=O)Cc1ccc(-c2ccoc2)c(OCC#N)c1C(O)C(=O)c1ccccc1. The smallest absolute Gasteiger partial charge is 0.195 e. The first kappa shape index (κ1) is 32.4. The van der Waals surface area contributed by atoms with E-state index in [0.717, 1.165) is 25.2 Å². The van der Waals surface area contributed by atoms with Crippen LogP contribution in [-0.4, -0.2) is 50.4 Å². The van der Waals surface area contributed by atoms with Crippen molar-refractivity contribution in [1.29, 1.82) is 5.26 Å². The Labute approximate surface area is 256 Å². The Balaban J connectivity index is 1.85. The van der Waals surface area contributed by atoms with Crippen molar-refractivity contribution in [2.75, 3.05) is 26.2 Å². The van der Waals surface area contributed by atoms with Gasteiger partial charge in [0.25, 0.3) is 0 Å². The molecule has 0 saturated carbocycles. The van der Waals surface area contributed by atoms with Gasteiger partial charge in [-0.3, -0.25) is 4.79 Å². The number of nitriles is 1.